The predicted molar refractivity (Wildman–Crippen MR) is 79.1 cm³/mol. The van der Waals surface area contributed by atoms with Crippen molar-refractivity contribution in [2.75, 3.05) is 7.11 Å². The average Bonchev–Trinajstić information content (AvgIpc) is 2.39. The lowest BCUT2D eigenvalue weighted by atomic mass is 10.1. The fraction of sp³-hybridized carbons (Fsp3) is 0.462. The van der Waals surface area contributed by atoms with Gasteiger partial charge in [-0.2, -0.15) is 0 Å². The van der Waals surface area contributed by atoms with E-state index in [4.69, 9.17) is 15.8 Å². The lowest BCUT2D eigenvalue weighted by Crippen LogP contribution is -2.32. The number of hydrogen-bond acceptors (Lipinski definition) is 4. The maximum Gasteiger partial charge on any atom is 0.409 e. The molecular formula is C13H19ClNO4P. The van der Waals surface area contributed by atoms with Crippen molar-refractivity contribution in [2.24, 2.45) is 0 Å². The molecule has 2 atom stereocenters. The second kappa shape index (κ2) is 7.67. The number of benzene rings is 1. The van der Waals surface area contributed by atoms with Gasteiger partial charge in [-0.3, -0.25) is 4.79 Å². The van der Waals surface area contributed by atoms with Gasteiger partial charge >= 0.3 is 12.8 Å². The van der Waals surface area contributed by atoms with E-state index in [0.717, 1.165) is 12.8 Å². The largest absolute Gasteiger partial charge is 0.468 e. The van der Waals surface area contributed by atoms with E-state index in [9.17, 15) is 9.36 Å². The summed E-state index contributed by atoms with van der Waals surface area (Å²) < 4.78 is 21.8. The van der Waals surface area contributed by atoms with E-state index in [0.29, 0.717) is 5.75 Å². The number of esters is 1. The van der Waals surface area contributed by atoms with Crippen molar-refractivity contribution in [3.63, 3.8) is 0 Å². The zero-order valence-corrected chi connectivity index (χ0v) is 13.4. The molecule has 0 fully saturated rings. The first-order valence-electron chi connectivity index (χ1n) is 6.32. The van der Waals surface area contributed by atoms with Crippen LogP contribution in [0.3, 0.4) is 0 Å². The molecule has 7 heteroatoms. The van der Waals surface area contributed by atoms with Crippen LogP contribution in [0.25, 0.3) is 0 Å². The second-order valence-corrected chi connectivity index (χ2v) is 7.07. The minimum absolute atomic E-state index is 0.382. The summed E-state index contributed by atoms with van der Waals surface area (Å²) in [6.07, 6.45) is 2.02. The smallest absolute Gasteiger partial charge is 0.409 e. The Balaban J connectivity index is 2.65. The molecular weight excluding hydrogens is 301 g/mol. The summed E-state index contributed by atoms with van der Waals surface area (Å²) in [5.41, 5.74) is 1.17. The zero-order chi connectivity index (χ0) is 15.2. The van der Waals surface area contributed by atoms with E-state index in [2.05, 4.69) is 16.7 Å². The summed E-state index contributed by atoms with van der Waals surface area (Å²) >= 11 is 5.78. The highest BCUT2D eigenvalue weighted by Gasteiger charge is 2.27. The van der Waals surface area contributed by atoms with Crippen LogP contribution < -0.4 is 9.61 Å². The molecule has 0 radical (unpaired) electrons. The first-order chi connectivity index (χ1) is 9.38. The van der Waals surface area contributed by atoms with Crippen LogP contribution in [-0.4, -0.2) is 19.1 Å². The molecule has 20 heavy (non-hydrogen) atoms. The molecule has 112 valence electrons. The number of carbonyl (C=O) groups is 1. The van der Waals surface area contributed by atoms with Crippen LogP contribution in [0, 0.1) is 0 Å². The summed E-state index contributed by atoms with van der Waals surface area (Å²) in [6.45, 7) is -0.0594. The van der Waals surface area contributed by atoms with Gasteiger partial charge in [0, 0.05) is 11.2 Å². The normalized spacial score (nSPS) is 15.2. The van der Waals surface area contributed by atoms with Crippen molar-refractivity contribution in [1.29, 1.82) is 0 Å². The van der Waals surface area contributed by atoms with Crippen molar-refractivity contribution in [2.45, 2.75) is 32.7 Å². The molecule has 0 saturated heterocycles. The van der Waals surface area contributed by atoms with Crippen LogP contribution in [0.2, 0.25) is 0 Å². The highest BCUT2D eigenvalue weighted by Crippen LogP contribution is 2.48. The SMILES string of the molecule is CCCc1ccc(O[P@@](=O)(Cl)N[C@@H](C)C(=O)OC)cc1. The molecule has 0 heterocycles. The van der Waals surface area contributed by atoms with Crippen molar-refractivity contribution in [1.82, 2.24) is 5.09 Å². The van der Waals surface area contributed by atoms with E-state index in [-0.39, 0.29) is 0 Å². The number of carbonyl (C=O) groups excluding carboxylic acids is 1. The number of nitrogens with one attached hydrogen (secondary N) is 1. The molecule has 1 aromatic carbocycles. The molecule has 1 N–H and O–H groups in total. The van der Waals surface area contributed by atoms with Gasteiger partial charge in [-0.15, -0.1) is 0 Å². The Morgan fingerprint density at radius 2 is 2.00 bits per heavy atom. The second-order valence-electron chi connectivity index (χ2n) is 4.34. The van der Waals surface area contributed by atoms with Gasteiger partial charge in [0.25, 0.3) is 0 Å². The highest BCUT2D eigenvalue weighted by atomic mass is 35.7. The molecule has 1 rings (SSSR count). The van der Waals surface area contributed by atoms with Gasteiger partial charge in [-0.25, -0.2) is 9.65 Å². The number of ether oxygens (including phenoxy) is 1. The molecule has 0 saturated carbocycles. The van der Waals surface area contributed by atoms with E-state index in [1.54, 1.807) is 12.1 Å². The Bertz CT molecular complexity index is 492. The topological polar surface area (TPSA) is 64.6 Å². The fourth-order valence-corrected chi connectivity index (χ4v) is 3.32. The van der Waals surface area contributed by atoms with Gasteiger partial charge in [0.1, 0.15) is 11.8 Å². The van der Waals surface area contributed by atoms with E-state index in [1.807, 2.05) is 12.1 Å². The maximum absolute atomic E-state index is 12.0. The average molecular weight is 320 g/mol. The maximum atomic E-state index is 12.0. The van der Waals surface area contributed by atoms with Gasteiger partial charge in [0.2, 0.25) is 0 Å². The number of hydrogen-bond donors (Lipinski definition) is 1. The number of aryl methyl sites for hydroxylation is 1. The third kappa shape index (κ3) is 5.53. The third-order valence-corrected chi connectivity index (χ3v) is 4.23. The molecule has 0 aliphatic heterocycles. The van der Waals surface area contributed by atoms with Crippen LogP contribution >= 0.6 is 18.1 Å². The molecule has 5 nitrogen and oxygen atoms in total. The third-order valence-electron chi connectivity index (χ3n) is 2.59. The first-order valence-corrected chi connectivity index (χ1v) is 8.84. The predicted octanol–water partition coefficient (Wildman–Crippen LogP) is 3.52. The van der Waals surface area contributed by atoms with Crippen LogP contribution in [0.1, 0.15) is 25.8 Å². The fourth-order valence-electron chi connectivity index (χ4n) is 1.63. The molecule has 0 spiro atoms. The Hall–Kier alpha value is -1.03. The highest BCUT2D eigenvalue weighted by molar-refractivity contribution is 7.84. The number of halogens is 1. The van der Waals surface area contributed by atoms with Crippen molar-refractivity contribution < 1.29 is 18.6 Å². The summed E-state index contributed by atoms with van der Waals surface area (Å²) in [5, 5.41) is 2.42. The summed E-state index contributed by atoms with van der Waals surface area (Å²) in [7, 11) is 1.24. The minimum atomic E-state index is -3.65. The molecule has 0 aliphatic carbocycles. The van der Waals surface area contributed by atoms with Crippen molar-refractivity contribution in [3.8, 4) is 5.75 Å². The van der Waals surface area contributed by atoms with Gasteiger partial charge in [0.15, 0.2) is 0 Å². The molecule has 1 aromatic rings. The van der Waals surface area contributed by atoms with Crippen LogP contribution in [0.4, 0.5) is 0 Å². The van der Waals surface area contributed by atoms with Gasteiger partial charge in [-0.05, 0) is 31.0 Å². The van der Waals surface area contributed by atoms with Gasteiger partial charge in [-0.1, -0.05) is 25.5 Å². The Labute approximate surface area is 123 Å². The minimum Gasteiger partial charge on any atom is -0.468 e. The molecule has 0 aromatic heterocycles. The first kappa shape index (κ1) is 17.0. The monoisotopic (exact) mass is 319 g/mol. The van der Waals surface area contributed by atoms with Gasteiger partial charge in [0.05, 0.1) is 7.11 Å². The Kier molecular flexibility index (Phi) is 6.53. The molecule has 0 aliphatic rings. The van der Waals surface area contributed by atoms with Crippen LogP contribution in [-0.2, 0) is 20.5 Å². The quantitative estimate of drug-likeness (QED) is 0.615. The summed E-state index contributed by atoms with van der Waals surface area (Å²) in [5.74, 6) is -0.180. The number of methoxy groups -OCH3 is 1. The van der Waals surface area contributed by atoms with Crippen molar-refractivity contribution in [3.05, 3.63) is 29.8 Å². The zero-order valence-electron chi connectivity index (χ0n) is 11.8. The van der Waals surface area contributed by atoms with Crippen LogP contribution in [0.5, 0.6) is 5.75 Å². The van der Waals surface area contributed by atoms with Crippen LogP contribution in [0.15, 0.2) is 24.3 Å². The molecule has 0 amide bonds. The molecule has 0 bridgehead atoms. The molecule has 0 unspecified atom stereocenters. The lowest BCUT2D eigenvalue weighted by Gasteiger charge is -2.17. The lowest BCUT2D eigenvalue weighted by molar-refractivity contribution is -0.142. The number of rotatable bonds is 7. The standard InChI is InChI=1S/C13H19ClNO4P/c1-4-5-11-6-8-12(9-7-11)19-20(14,17)15-10(2)13(16)18-3/h6-10H,4-5H2,1-3H3,(H,15,17)/t10-,20-/m0/s1. The summed E-state index contributed by atoms with van der Waals surface area (Å²) in [6, 6.07) is 6.36. The van der Waals surface area contributed by atoms with Crippen molar-refractivity contribution >= 4 is 24.1 Å². The van der Waals surface area contributed by atoms with Gasteiger partial charge < -0.3 is 9.26 Å². The Morgan fingerprint density at radius 3 is 2.50 bits per heavy atom. The van der Waals surface area contributed by atoms with E-state index >= 15 is 0 Å². The summed E-state index contributed by atoms with van der Waals surface area (Å²) in [4.78, 5) is 11.2. The van der Waals surface area contributed by atoms with E-state index in [1.165, 1.54) is 19.6 Å². The van der Waals surface area contributed by atoms with E-state index < -0.39 is 18.9 Å². The Morgan fingerprint density at radius 1 is 1.40 bits per heavy atom.